The molecule has 1 aromatic rings. The number of rotatable bonds is 7. The molecule has 0 unspecified atom stereocenters. The Labute approximate surface area is 228 Å². The number of hydrogen-bond acceptors (Lipinski definition) is 5. The van der Waals surface area contributed by atoms with Crippen molar-refractivity contribution in [1.82, 2.24) is 4.98 Å². The molecule has 38 heavy (non-hydrogen) atoms. The van der Waals surface area contributed by atoms with Crippen molar-refractivity contribution in [3.05, 3.63) is 65.5 Å². The van der Waals surface area contributed by atoms with Crippen LogP contribution in [0.3, 0.4) is 0 Å². The highest BCUT2D eigenvalue weighted by Gasteiger charge is 2.55. The summed E-state index contributed by atoms with van der Waals surface area (Å²) in [5.41, 5.74) is 3.04. The first-order valence-corrected chi connectivity index (χ1v) is 14.8. The fourth-order valence-corrected chi connectivity index (χ4v) is 8.04. The Morgan fingerprint density at radius 1 is 1.21 bits per heavy atom. The predicted octanol–water partition coefficient (Wildman–Crippen LogP) is 6.35. The Bertz CT molecular complexity index is 1140. The first-order chi connectivity index (χ1) is 18.0. The molecule has 4 fully saturated rings. The number of oxazole rings is 1. The number of nitrogens with zero attached hydrogens (tertiary/aromatic N) is 1. The van der Waals surface area contributed by atoms with Gasteiger partial charge in [-0.25, -0.2) is 4.98 Å². The molecule has 4 aliphatic carbocycles. The van der Waals surface area contributed by atoms with E-state index >= 15 is 0 Å². The third-order valence-electron chi connectivity index (χ3n) is 10.5. The molecule has 1 aromatic heterocycles. The third kappa shape index (κ3) is 4.91. The van der Waals surface area contributed by atoms with Crippen LogP contribution < -0.4 is 0 Å². The molecule has 0 aromatic carbocycles. The van der Waals surface area contributed by atoms with Gasteiger partial charge in [-0.05, 0) is 85.2 Å². The summed E-state index contributed by atoms with van der Waals surface area (Å²) in [6, 6.07) is 0. The van der Waals surface area contributed by atoms with Crippen LogP contribution in [0.4, 0.5) is 0 Å². The van der Waals surface area contributed by atoms with Crippen molar-refractivity contribution in [2.75, 3.05) is 0 Å². The summed E-state index contributed by atoms with van der Waals surface area (Å²) < 4.78 is 5.95. The van der Waals surface area contributed by atoms with Gasteiger partial charge < -0.3 is 19.7 Å². The van der Waals surface area contributed by atoms with E-state index in [-0.39, 0.29) is 16.2 Å². The second-order valence-electron chi connectivity index (χ2n) is 13.4. The van der Waals surface area contributed by atoms with Crippen molar-refractivity contribution in [1.29, 1.82) is 0 Å². The number of hydrogen-bond donors (Lipinski definition) is 3. The largest absolute Gasteiger partial charge is 0.445 e. The summed E-state index contributed by atoms with van der Waals surface area (Å²) >= 11 is 0. The molecular formula is C33H47NO4. The quantitative estimate of drug-likeness (QED) is 0.364. The molecule has 0 aliphatic heterocycles. The lowest BCUT2D eigenvalue weighted by atomic mass is 9.57. The summed E-state index contributed by atoms with van der Waals surface area (Å²) in [7, 11) is 0. The van der Waals surface area contributed by atoms with E-state index in [9.17, 15) is 15.3 Å². The lowest BCUT2D eigenvalue weighted by Gasteiger charge is -2.47. The molecule has 4 aliphatic rings. The van der Waals surface area contributed by atoms with Crippen molar-refractivity contribution in [2.45, 2.75) is 116 Å². The highest BCUT2D eigenvalue weighted by molar-refractivity contribution is 5.39. The second-order valence-corrected chi connectivity index (χ2v) is 13.4. The summed E-state index contributed by atoms with van der Waals surface area (Å²) in [6.07, 6.45) is 18.2. The van der Waals surface area contributed by atoms with Gasteiger partial charge in [-0.15, -0.1) is 0 Å². The maximum Gasteiger partial charge on any atom is 0.203 e. The number of aromatic nitrogens is 1. The van der Waals surface area contributed by atoms with Gasteiger partial charge in [0.15, 0.2) is 0 Å². The van der Waals surface area contributed by atoms with E-state index < -0.39 is 18.3 Å². The molecule has 0 saturated heterocycles. The van der Waals surface area contributed by atoms with Gasteiger partial charge in [-0.3, -0.25) is 0 Å². The molecule has 208 valence electrons. The molecule has 0 amide bonds. The van der Waals surface area contributed by atoms with Gasteiger partial charge in [0.25, 0.3) is 0 Å². The zero-order valence-electron chi connectivity index (χ0n) is 23.7. The van der Waals surface area contributed by atoms with Crippen LogP contribution in [0.1, 0.15) is 97.1 Å². The van der Waals surface area contributed by atoms with E-state index in [1.54, 1.807) is 6.20 Å². The number of aliphatic hydroxyl groups is 3. The van der Waals surface area contributed by atoms with Crippen LogP contribution in [-0.2, 0) is 11.8 Å². The maximum absolute atomic E-state index is 11.2. The molecule has 0 radical (unpaired) electrons. The zero-order valence-corrected chi connectivity index (χ0v) is 23.7. The fraction of sp³-hybridized carbons (Fsp3) is 0.667. The molecule has 1 heterocycles. The van der Waals surface area contributed by atoms with Crippen molar-refractivity contribution in [3.8, 4) is 0 Å². The van der Waals surface area contributed by atoms with Crippen molar-refractivity contribution in [3.63, 3.8) is 0 Å². The SMILES string of the molecule is C=C1C(=CC=C2CCC[C@]3(C)[C@@H](C(C)(C)C=C[C@@H](O)C4(c5ncc(CC)o5)CC4)CC[C@@H]23)C[C@@H](O)C[C@@H]1O. The van der Waals surface area contributed by atoms with Gasteiger partial charge >= 0.3 is 0 Å². The predicted molar refractivity (Wildman–Crippen MR) is 150 cm³/mol. The smallest absolute Gasteiger partial charge is 0.203 e. The van der Waals surface area contributed by atoms with Crippen LogP contribution in [0, 0.1) is 22.7 Å². The number of aliphatic hydroxyl groups excluding tert-OH is 3. The monoisotopic (exact) mass is 521 g/mol. The average Bonchev–Trinajstić information content (AvgIpc) is 3.38. The minimum absolute atomic E-state index is 0.0431. The average molecular weight is 522 g/mol. The lowest BCUT2D eigenvalue weighted by molar-refractivity contribution is 0.0705. The molecule has 0 spiro atoms. The highest BCUT2D eigenvalue weighted by atomic mass is 16.4. The molecule has 5 rings (SSSR count). The van der Waals surface area contributed by atoms with Gasteiger partial charge in [0.2, 0.25) is 5.89 Å². The Morgan fingerprint density at radius 3 is 2.66 bits per heavy atom. The van der Waals surface area contributed by atoms with E-state index in [1.807, 2.05) is 6.08 Å². The minimum Gasteiger partial charge on any atom is -0.445 e. The Morgan fingerprint density at radius 2 is 1.97 bits per heavy atom. The molecule has 0 bridgehead atoms. The summed E-state index contributed by atoms with van der Waals surface area (Å²) in [4.78, 5) is 4.50. The Hall–Kier alpha value is -1.95. The fourth-order valence-electron chi connectivity index (χ4n) is 8.04. The van der Waals surface area contributed by atoms with Crippen LogP contribution in [0.2, 0.25) is 0 Å². The van der Waals surface area contributed by atoms with Crippen molar-refractivity contribution < 1.29 is 19.7 Å². The molecular weight excluding hydrogens is 474 g/mol. The summed E-state index contributed by atoms with van der Waals surface area (Å²) in [6.45, 7) is 13.3. The van der Waals surface area contributed by atoms with Crippen LogP contribution in [0.15, 0.2) is 58.2 Å². The normalized spacial score (nSPS) is 36.2. The summed E-state index contributed by atoms with van der Waals surface area (Å²) in [5, 5.41) is 31.6. The van der Waals surface area contributed by atoms with Crippen LogP contribution in [-0.4, -0.2) is 38.6 Å². The highest BCUT2D eigenvalue weighted by Crippen LogP contribution is 2.62. The first kappa shape index (κ1) is 27.6. The topological polar surface area (TPSA) is 86.7 Å². The number of aryl methyl sites for hydroxylation is 1. The second kappa shape index (κ2) is 10.2. The van der Waals surface area contributed by atoms with Gasteiger partial charge in [0.1, 0.15) is 5.76 Å². The third-order valence-corrected chi connectivity index (χ3v) is 10.5. The van der Waals surface area contributed by atoms with Crippen molar-refractivity contribution in [2.24, 2.45) is 22.7 Å². The minimum atomic E-state index is -0.647. The van der Waals surface area contributed by atoms with E-state index in [4.69, 9.17) is 4.42 Å². The molecule has 6 atom stereocenters. The van der Waals surface area contributed by atoms with Crippen LogP contribution in [0.25, 0.3) is 0 Å². The number of fused-ring (bicyclic) bond motifs is 1. The van der Waals surface area contributed by atoms with Crippen LogP contribution >= 0.6 is 0 Å². The van der Waals surface area contributed by atoms with Crippen LogP contribution in [0.5, 0.6) is 0 Å². The Balaban J connectivity index is 1.32. The van der Waals surface area contributed by atoms with Crippen molar-refractivity contribution >= 4 is 0 Å². The van der Waals surface area contributed by atoms with Gasteiger partial charge in [0.05, 0.1) is 29.9 Å². The van der Waals surface area contributed by atoms with Gasteiger partial charge in [-0.2, -0.15) is 0 Å². The standard InChI is InChI=1S/C33H47NO4/c1-6-25-20-34-30(38-25)33(16-17-33)29(37)13-15-31(3,4)28-12-11-26-22(8-7-14-32(26,28)5)9-10-23-18-24(35)19-27(36)21(23)2/h9-10,13,15,20,24,26-29,35-37H,2,6-8,11-12,14,16-19H2,1,3-5H3/t24-,26+,27+,28-,29-,32+/m1/s1. The first-order valence-electron chi connectivity index (χ1n) is 14.8. The Kier molecular flexibility index (Phi) is 7.43. The van der Waals surface area contributed by atoms with Gasteiger partial charge in [-0.1, -0.05) is 64.2 Å². The van der Waals surface area contributed by atoms with E-state index in [2.05, 4.69) is 57.5 Å². The molecule has 5 heteroatoms. The van der Waals surface area contributed by atoms with E-state index in [1.165, 1.54) is 31.3 Å². The maximum atomic E-state index is 11.2. The zero-order chi connectivity index (χ0) is 27.3. The van der Waals surface area contributed by atoms with Gasteiger partial charge in [0, 0.05) is 12.8 Å². The molecule has 4 saturated carbocycles. The molecule has 3 N–H and O–H groups in total. The summed E-state index contributed by atoms with van der Waals surface area (Å²) in [5.74, 6) is 2.63. The van der Waals surface area contributed by atoms with E-state index in [0.717, 1.165) is 42.6 Å². The molecule has 5 nitrogen and oxygen atoms in total. The lowest BCUT2D eigenvalue weighted by Crippen LogP contribution is -2.39. The number of allylic oxidation sites excluding steroid dienone is 4. The van der Waals surface area contributed by atoms with E-state index in [0.29, 0.717) is 30.6 Å².